The minimum Gasteiger partial charge on any atom is -0.456 e. The van der Waals surface area contributed by atoms with Crippen LogP contribution in [0, 0.1) is 0 Å². The van der Waals surface area contributed by atoms with Gasteiger partial charge in [-0.1, -0.05) is 12.1 Å². The quantitative estimate of drug-likeness (QED) is 0.309. The first-order chi connectivity index (χ1) is 19.1. The minimum atomic E-state index is -0.124. The van der Waals surface area contributed by atoms with Gasteiger partial charge in [0.2, 0.25) is 5.56 Å². The molecule has 0 unspecified atom stereocenters. The molecular weight excluding hydrogens is 490 g/mol. The normalized spacial score (nSPS) is 14.3. The van der Waals surface area contributed by atoms with Crippen molar-refractivity contribution in [2.45, 2.75) is 19.9 Å². The topological polar surface area (TPSA) is 82.7 Å². The van der Waals surface area contributed by atoms with Crippen LogP contribution in [0.25, 0.3) is 11.3 Å². The average Bonchev–Trinajstić information content (AvgIpc) is 2.98. The van der Waals surface area contributed by atoms with Crippen LogP contribution in [0.15, 0.2) is 71.8 Å². The Morgan fingerprint density at radius 1 is 1.05 bits per heavy atom. The molecule has 0 atom stereocenters. The number of aromatic nitrogens is 2. The van der Waals surface area contributed by atoms with Gasteiger partial charge in [-0.25, -0.2) is 0 Å². The fraction of sp³-hybridized carbons (Fsp3) is 0.290. The maximum absolute atomic E-state index is 12.6. The summed E-state index contributed by atoms with van der Waals surface area (Å²) in [4.78, 5) is 24.4. The molecular formula is C31H33N5O3. The van der Waals surface area contributed by atoms with Crippen molar-refractivity contribution in [3.05, 3.63) is 94.0 Å². The molecule has 1 saturated heterocycles. The van der Waals surface area contributed by atoms with Crippen molar-refractivity contribution in [1.82, 2.24) is 9.97 Å². The third-order valence-corrected chi connectivity index (χ3v) is 7.44. The van der Waals surface area contributed by atoms with E-state index in [0.29, 0.717) is 19.8 Å². The Balaban J connectivity index is 1.22. The highest BCUT2D eigenvalue weighted by Crippen LogP contribution is 2.43. The Kier molecular flexibility index (Phi) is 6.94. The summed E-state index contributed by atoms with van der Waals surface area (Å²) in [5.74, 6) is 1.63. The molecule has 0 radical (unpaired) electrons. The van der Waals surface area contributed by atoms with E-state index in [-0.39, 0.29) is 5.56 Å². The van der Waals surface area contributed by atoms with Gasteiger partial charge in [0.25, 0.3) is 0 Å². The number of benzene rings is 2. The van der Waals surface area contributed by atoms with Gasteiger partial charge < -0.3 is 29.6 Å². The van der Waals surface area contributed by atoms with E-state index in [4.69, 9.17) is 9.47 Å². The molecule has 1 fully saturated rings. The minimum absolute atomic E-state index is 0.124. The second-order valence-corrected chi connectivity index (χ2v) is 10.0. The van der Waals surface area contributed by atoms with E-state index in [2.05, 4.69) is 57.3 Å². The molecule has 0 bridgehead atoms. The molecule has 4 heterocycles. The van der Waals surface area contributed by atoms with E-state index in [1.807, 2.05) is 42.7 Å². The number of fused-ring (bicyclic) bond motifs is 2. The van der Waals surface area contributed by atoms with Crippen LogP contribution in [0.1, 0.15) is 23.6 Å². The molecule has 4 aromatic rings. The Hall–Kier alpha value is -4.30. The zero-order valence-corrected chi connectivity index (χ0v) is 22.4. The summed E-state index contributed by atoms with van der Waals surface area (Å²) in [7, 11) is 2.07. The molecule has 200 valence electrons. The van der Waals surface area contributed by atoms with Crippen molar-refractivity contribution in [3.63, 3.8) is 0 Å². The smallest absolute Gasteiger partial charge is 0.250 e. The number of hydrogen-bond acceptors (Lipinski definition) is 7. The van der Waals surface area contributed by atoms with Crippen LogP contribution in [0.5, 0.6) is 11.5 Å². The van der Waals surface area contributed by atoms with Gasteiger partial charge in [-0.15, -0.1) is 0 Å². The predicted molar refractivity (Wildman–Crippen MR) is 155 cm³/mol. The van der Waals surface area contributed by atoms with Gasteiger partial charge >= 0.3 is 0 Å². The number of aromatic amines is 1. The van der Waals surface area contributed by atoms with E-state index < -0.39 is 0 Å². The first-order valence-corrected chi connectivity index (χ1v) is 13.5. The van der Waals surface area contributed by atoms with Gasteiger partial charge in [-0.3, -0.25) is 9.78 Å². The van der Waals surface area contributed by atoms with Gasteiger partial charge in [0.05, 0.1) is 30.8 Å². The molecule has 8 nitrogen and oxygen atoms in total. The lowest BCUT2D eigenvalue weighted by atomic mass is 9.96. The van der Waals surface area contributed by atoms with E-state index in [1.165, 1.54) is 0 Å². The molecule has 8 heteroatoms. The van der Waals surface area contributed by atoms with Crippen LogP contribution in [0.3, 0.4) is 0 Å². The lowest BCUT2D eigenvalue weighted by Gasteiger charge is -2.29. The third kappa shape index (κ3) is 5.33. The van der Waals surface area contributed by atoms with Crippen molar-refractivity contribution < 1.29 is 9.47 Å². The maximum atomic E-state index is 12.6. The lowest BCUT2D eigenvalue weighted by molar-refractivity contribution is 0.122. The number of morpholine rings is 1. The molecule has 2 N–H and O–H groups in total. The van der Waals surface area contributed by atoms with E-state index in [0.717, 1.165) is 82.6 Å². The molecule has 0 saturated carbocycles. The molecule has 0 spiro atoms. The summed E-state index contributed by atoms with van der Waals surface area (Å²) in [6, 6.07) is 18.2. The number of pyridine rings is 2. The number of H-pyrrole nitrogens is 1. The van der Waals surface area contributed by atoms with E-state index in [9.17, 15) is 4.79 Å². The highest BCUT2D eigenvalue weighted by molar-refractivity contribution is 5.74. The molecule has 2 aromatic carbocycles. The highest BCUT2D eigenvalue weighted by Gasteiger charge is 2.22. The molecule has 2 aliphatic rings. The molecule has 2 aromatic heterocycles. The van der Waals surface area contributed by atoms with Crippen LogP contribution in [0.2, 0.25) is 0 Å². The monoisotopic (exact) mass is 523 g/mol. The van der Waals surface area contributed by atoms with Gasteiger partial charge in [-0.2, -0.15) is 0 Å². The average molecular weight is 524 g/mol. The fourth-order valence-electron chi connectivity index (χ4n) is 5.14. The van der Waals surface area contributed by atoms with Crippen molar-refractivity contribution in [2.75, 3.05) is 55.0 Å². The molecule has 39 heavy (non-hydrogen) atoms. The first kappa shape index (κ1) is 25.0. The van der Waals surface area contributed by atoms with Crippen molar-refractivity contribution in [2.24, 2.45) is 0 Å². The summed E-state index contributed by atoms with van der Waals surface area (Å²) in [5, 5.41) is 3.53. The molecule has 2 aliphatic heterocycles. The first-order valence-electron chi connectivity index (χ1n) is 13.5. The van der Waals surface area contributed by atoms with Crippen molar-refractivity contribution in [3.8, 4) is 22.8 Å². The summed E-state index contributed by atoms with van der Waals surface area (Å²) in [5.41, 5.74) is 7.92. The highest BCUT2D eigenvalue weighted by atomic mass is 16.5. The number of ether oxygens (including phenoxy) is 2. The van der Waals surface area contributed by atoms with Gasteiger partial charge in [0.15, 0.2) is 0 Å². The third-order valence-electron chi connectivity index (χ3n) is 7.44. The SMILES string of the molecule is CCN(C)c1cncc(CNc2ccc3c(c2)Cc2cccc(-c4cc(N5CCOCC5)cc(=O)[nH]4)c2O3)c1. The number of nitrogens with zero attached hydrogens (tertiary/aromatic N) is 3. The Labute approximate surface area is 228 Å². The molecule has 0 aliphatic carbocycles. The van der Waals surface area contributed by atoms with E-state index >= 15 is 0 Å². The van der Waals surface area contributed by atoms with Crippen LogP contribution >= 0.6 is 0 Å². The second kappa shape index (κ2) is 10.8. The lowest BCUT2D eigenvalue weighted by Crippen LogP contribution is -2.36. The number of rotatable bonds is 7. The van der Waals surface area contributed by atoms with Gasteiger partial charge in [0.1, 0.15) is 11.5 Å². The summed E-state index contributed by atoms with van der Waals surface area (Å²) >= 11 is 0. The number of para-hydroxylation sites is 1. The Bertz CT molecular complexity index is 1540. The Morgan fingerprint density at radius 2 is 1.92 bits per heavy atom. The van der Waals surface area contributed by atoms with Crippen molar-refractivity contribution >= 4 is 17.1 Å². The summed E-state index contributed by atoms with van der Waals surface area (Å²) < 4.78 is 11.9. The van der Waals surface area contributed by atoms with Crippen molar-refractivity contribution in [1.29, 1.82) is 0 Å². The number of nitrogens with one attached hydrogen (secondary N) is 2. The summed E-state index contributed by atoms with van der Waals surface area (Å²) in [6.45, 7) is 6.62. The van der Waals surface area contributed by atoms with Crippen LogP contribution in [-0.4, -0.2) is 49.9 Å². The fourth-order valence-corrected chi connectivity index (χ4v) is 5.14. The number of anilines is 3. The predicted octanol–water partition coefficient (Wildman–Crippen LogP) is 5.04. The van der Waals surface area contributed by atoms with Crippen LogP contribution in [0.4, 0.5) is 17.1 Å². The van der Waals surface area contributed by atoms with Gasteiger partial charge in [0, 0.05) is 74.4 Å². The van der Waals surface area contributed by atoms with Gasteiger partial charge in [-0.05, 0) is 54.4 Å². The Morgan fingerprint density at radius 3 is 2.77 bits per heavy atom. The number of hydrogen-bond donors (Lipinski definition) is 2. The van der Waals surface area contributed by atoms with E-state index in [1.54, 1.807) is 6.07 Å². The molecule has 0 amide bonds. The molecule has 6 rings (SSSR count). The zero-order chi connectivity index (χ0) is 26.8. The largest absolute Gasteiger partial charge is 0.456 e. The zero-order valence-electron chi connectivity index (χ0n) is 22.4. The standard InChI is InChI=1S/C31H33N5O3/c1-3-35(2)26-13-21(18-32-20-26)19-33-24-7-8-29-23(15-24)14-22-5-4-6-27(31(22)39-29)28-16-25(17-30(37)34-28)36-9-11-38-12-10-36/h4-8,13,15-18,20,33H,3,9-12,14,19H2,1-2H3,(H,34,37). The summed E-state index contributed by atoms with van der Waals surface area (Å²) in [6.07, 6.45) is 4.54. The van der Waals surface area contributed by atoms with Crippen LogP contribution in [-0.2, 0) is 17.7 Å². The second-order valence-electron chi connectivity index (χ2n) is 10.0. The maximum Gasteiger partial charge on any atom is 0.250 e. The van der Waals surface area contributed by atoms with Crippen LogP contribution < -0.4 is 25.4 Å².